The van der Waals surface area contributed by atoms with Gasteiger partial charge in [0.25, 0.3) is 0 Å². The predicted molar refractivity (Wildman–Crippen MR) is 115 cm³/mol. The summed E-state index contributed by atoms with van der Waals surface area (Å²) in [6, 6.07) is 12.7. The summed E-state index contributed by atoms with van der Waals surface area (Å²) in [5, 5.41) is 17.0. The summed E-state index contributed by atoms with van der Waals surface area (Å²) in [5.41, 5.74) is 3.17. The molecule has 0 amide bonds. The zero-order chi connectivity index (χ0) is 21.0. The first-order valence-electron chi connectivity index (χ1n) is 9.27. The number of nitrogens with zero attached hydrogens (tertiary/aromatic N) is 2. The van der Waals surface area contributed by atoms with Crippen LogP contribution in [0.4, 0.5) is 0 Å². The number of carbonyl (C=O) groups is 1. The van der Waals surface area contributed by atoms with Gasteiger partial charge in [-0.15, -0.1) is 0 Å². The highest BCUT2D eigenvalue weighted by Gasteiger charge is 2.32. The highest BCUT2D eigenvalue weighted by molar-refractivity contribution is 9.10. The predicted octanol–water partition coefficient (Wildman–Crippen LogP) is 4.78. The number of hydrazone groups is 1. The summed E-state index contributed by atoms with van der Waals surface area (Å²) in [5.74, 6) is 0.525. The Labute approximate surface area is 178 Å². The van der Waals surface area contributed by atoms with E-state index < -0.39 is 5.97 Å². The minimum atomic E-state index is -0.421. The van der Waals surface area contributed by atoms with E-state index in [0.29, 0.717) is 18.7 Å². The second-order valence-electron chi connectivity index (χ2n) is 6.58. The van der Waals surface area contributed by atoms with E-state index in [1.165, 1.54) is 6.08 Å². The van der Waals surface area contributed by atoms with Crippen LogP contribution in [0.3, 0.4) is 0 Å². The van der Waals surface area contributed by atoms with E-state index in [-0.39, 0.29) is 11.8 Å². The fourth-order valence-corrected chi connectivity index (χ4v) is 3.63. The van der Waals surface area contributed by atoms with Crippen molar-refractivity contribution >= 4 is 27.6 Å². The molecule has 0 bridgehead atoms. The van der Waals surface area contributed by atoms with E-state index in [2.05, 4.69) is 15.9 Å². The van der Waals surface area contributed by atoms with E-state index in [9.17, 15) is 9.90 Å². The topological polar surface area (TPSA) is 71.4 Å². The molecule has 29 heavy (non-hydrogen) atoms. The zero-order valence-electron chi connectivity index (χ0n) is 16.6. The van der Waals surface area contributed by atoms with Gasteiger partial charge in [-0.05, 0) is 61.9 Å². The van der Waals surface area contributed by atoms with Gasteiger partial charge in [0.1, 0.15) is 11.5 Å². The van der Waals surface area contributed by atoms with Gasteiger partial charge in [-0.3, -0.25) is 5.01 Å². The Morgan fingerprint density at radius 2 is 2.03 bits per heavy atom. The zero-order valence-corrected chi connectivity index (χ0v) is 18.1. The number of hydrogen-bond donors (Lipinski definition) is 1. The monoisotopic (exact) mass is 458 g/mol. The maximum absolute atomic E-state index is 12.0. The quantitative estimate of drug-likeness (QED) is 0.497. The molecule has 0 radical (unpaired) electrons. The molecule has 0 aromatic heterocycles. The molecule has 2 aromatic carbocycles. The molecule has 1 heterocycles. The van der Waals surface area contributed by atoms with Crippen molar-refractivity contribution in [3.63, 3.8) is 0 Å². The summed E-state index contributed by atoms with van der Waals surface area (Å²) in [6.45, 7) is 3.87. The van der Waals surface area contributed by atoms with Crippen LogP contribution in [-0.4, -0.2) is 35.5 Å². The molecule has 0 spiro atoms. The van der Waals surface area contributed by atoms with Gasteiger partial charge in [0.2, 0.25) is 0 Å². The molecule has 0 saturated carbocycles. The van der Waals surface area contributed by atoms with E-state index in [1.54, 1.807) is 38.1 Å². The third-order valence-electron chi connectivity index (χ3n) is 4.66. The highest BCUT2D eigenvalue weighted by Crippen LogP contribution is 2.40. The number of benzene rings is 2. The average molecular weight is 459 g/mol. The molecule has 6 nitrogen and oxygen atoms in total. The van der Waals surface area contributed by atoms with Crippen molar-refractivity contribution in [2.75, 3.05) is 13.7 Å². The van der Waals surface area contributed by atoms with Gasteiger partial charge < -0.3 is 14.6 Å². The molecule has 0 fully saturated rings. The van der Waals surface area contributed by atoms with Crippen LogP contribution < -0.4 is 4.74 Å². The second-order valence-corrected chi connectivity index (χ2v) is 7.50. The number of hydrogen-bond acceptors (Lipinski definition) is 6. The Morgan fingerprint density at radius 1 is 1.31 bits per heavy atom. The maximum Gasteiger partial charge on any atom is 0.332 e. The van der Waals surface area contributed by atoms with Crippen LogP contribution in [0.25, 0.3) is 0 Å². The summed E-state index contributed by atoms with van der Waals surface area (Å²) < 4.78 is 11.1. The fourth-order valence-electron chi connectivity index (χ4n) is 3.25. The smallest absolute Gasteiger partial charge is 0.332 e. The van der Waals surface area contributed by atoms with Crippen LogP contribution in [0.1, 0.15) is 37.4 Å². The van der Waals surface area contributed by atoms with E-state index >= 15 is 0 Å². The fraction of sp³-hybridized carbons (Fsp3) is 0.273. The summed E-state index contributed by atoms with van der Waals surface area (Å²) in [7, 11) is 1.62. The average Bonchev–Trinajstić information content (AvgIpc) is 3.15. The molecule has 1 aliphatic heterocycles. The molecule has 1 atom stereocenters. The normalized spacial score (nSPS) is 16.6. The van der Waals surface area contributed by atoms with Crippen LogP contribution in [0.15, 0.2) is 63.8 Å². The van der Waals surface area contributed by atoms with Gasteiger partial charge in [0.15, 0.2) is 0 Å². The van der Waals surface area contributed by atoms with E-state index in [4.69, 9.17) is 14.6 Å². The van der Waals surface area contributed by atoms with Crippen LogP contribution in [0, 0.1) is 0 Å². The summed E-state index contributed by atoms with van der Waals surface area (Å²) in [4.78, 5) is 12.0. The van der Waals surface area contributed by atoms with Gasteiger partial charge in [-0.2, -0.15) is 5.10 Å². The lowest BCUT2D eigenvalue weighted by Crippen LogP contribution is -2.19. The van der Waals surface area contributed by atoms with Gasteiger partial charge in [0.05, 0.1) is 25.5 Å². The molecule has 152 valence electrons. The van der Waals surface area contributed by atoms with Crippen molar-refractivity contribution in [3.8, 4) is 11.5 Å². The molecule has 7 heteroatoms. The standard InChI is InChI=1S/C22H23BrN2O4/c1-4-29-22(27)11-14(2)25-20(18-12-16(23)7-10-21(18)26)13-19(24-25)15-5-8-17(28-3)9-6-15/h5-12,20,26H,4,13H2,1-3H3/b14-11+/t20-/m0/s1. The van der Waals surface area contributed by atoms with Crippen molar-refractivity contribution in [2.45, 2.75) is 26.3 Å². The Hall–Kier alpha value is -2.80. The van der Waals surface area contributed by atoms with Gasteiger partial charge in [0, 0.05) is 28.2 Å². The lowest BCUT2D eigenvalue weighted by atomic mass is 9.97. The SMILES string of the molecule is CCOC(=O)/C=C(\C)N1N=C(c2ccc(OC)cc2)C[C@H]1c1cc(Br)ccc1O. The van der Waals surface area contributed by atoms with Gasteiger partial charge in [-0.25, -0.2) is 4.79 Å². The Bertz CT molecular complexity index is 954. The minimum absolute atomic E-state index is 0.179. The number of methoxy groups -OCH3 is 1. The lowest BCUT2D eigenvalue weighted by Gasteiger charge is -2.25. The summed E-state index contributed by atoms with van der Waals surface area (Å²) >= 11 is 3.47. The third kappa shape index (κ3) is 4.79. The number of rotatable bonds is 6. The van der Waals surface area contributed by atoms with Crippen LogP contribution in [-0.2, 0) is 9.53 Å². The van der Waals surface area contributed by atoms with Crippen molar-refractivity contribution in [2.24, 2.45) is 5.10 Å². The maximum atomic E-state index is 12.0. The van der Waals surface area contributed by atoms with Gasteiger partial charge in [-0.1, -0.05) is 15.9 Å². The first-order chi connectivity index (χ1) is 13.9. The number of esters is 1. The molecule has 1 N–H and O–H groups in total. The molecule has 0 aliphatic carbocycles. The van der Waals surface area contributed by atoms with Crippen LogP contribution in [0.5, 0.6) is 11.5 Å². The molecular formula is C22H23BrN2O4. The Balaban J connectivity index is 2.00. The minimum Gasteiger partial charge on any atom is -0.508 e. The largest absolute Gasteiger partial charge is 0.508 e. The molecular weight excluding hydrogens is 436 g/mol. The second kappa shape index (κ2) is 9.13. The first-order valence-corrected chi connectivity index (χ1v) is 10.1. The Morgan fingerprint density at radius 3 is 2.69 bits per heavy atom. The molecule has 0 saturated heterocycles. The van der Waals surface area contributed by atoms with Crippen molar-refractivity contribution in [3.05, 3.63) is 69.8 Å². The van der Waals surface area contributed by atoms with Gasteiger partial charge >= 0.3 is 5.97 Å². The third-order valence-corrected chi connectivity index (χ3v) is 5.15. The molecule has 3 rings (SSSR count). The van der Waals surface area contributed by atoms with E-state index in [0.717, 1.165) is 27.1 Å². The lowest BCUT2D eigenvalue weighted by molar-refractivity contribution is -0.137. The highest BCUT2D eigenvalue weighted by atomic mass is 79.9. The number of ether oxygens (including phenoxy) is 2. The number of phenols is 1. The van der Waals surface area contributed by atoms with Crippen LogP contribution >= 0.6 is 15.9 Å². The molecule has 2 aromatic rings. The number of halogens is 1. The molecule has 0 unspecified atom stereocenters. The Kier molecular flexibility index (Phi) is 6.59. The number of aromatic hydroxyl groups is 1. The van der Waals surface area contributed by atoms with Crippen molar-refractivity contribution in [1.29, 1.82) is 0 Å². The number of phenolic OH excluding ortho intramolecular Hbond substituents is 1. The number of allylic oxidation sites excluding steroid dienone is 1. The van der Waals surface area contributed by atoms with E-state index in [1.807, 2.05) is 30.3 Å². The molecule has 1 aliphatic rings. The van der Waals surface area contributed by atoms with Crippen LogP contribution in [0.2, 0.25) is 0 Å². The summed E-state index contributed by atoms with van der Waals surface area (Å²) in [6.07, 6.45) is 2.00. The van der Waals surface area contributed by atoms with Crippen molar-refractivity contribution < 1.29 is 19.4 Å². The van der Waals surface area contributed by atoms with Crippen molar-refractivity contribution in [1.82, 2.24) is 5.01 Å². The number of carbonyl (C=O) groups excluding carboxylic acids is 1. The first kappa shape index (κ1) is 20.9.